The molecule has 0 aliphatic carbocycles. The Kier molecular flexibility index (Phi) is 2.26. The lowest BCUT2D eigenvalue weighted by Gasteiger charge is -2.05. The molecule has 1 saturated heterocycles. The first-order chi connectivity index (χ1) is 7.11. The van der Waals surface area contributed by atoms with Gasteiger partial charge in [-0.3, -0.25) is 9.59 Å². The van der Waals surface area contributed by atoms with Crippen molar-refractivity contribution in [2.24, 2.45) is 0 Å². The highest BCUT2D eigenvalue weighted by Crippen LogP contribution is 2.28. The van der Waals surface area contributed by atoms with Crippen LogP contribution in [0, 0.1) is 5.82 Å². The van der Waals surface area contributed by atoms with Crippen molar-refractivity contribution in [3.05, 3.63) is 35.6 Å². The highest BCUT2D eigenvalue weighted by Gasteiger charge is 2.43. The molecule has 0 bridgehead atoms. The highest BCUT2D eigenvalue weighted by atomic mass is 19.1. The summed E-state index contributed by atoms with van der Waals surface area (Å²) in [6.07, 6.45) is -0.776. The number of ketones is 1. The van der Waals surface area contributed by atoms with E-state index in [9.17, 15) is 14.0 Å². The Balaban J connectivity index is 2.44. The molecule has 15 heavy (non-hydrogen) atoms. The van der Waals surface area contributed by atoms with E-state index in [0.717, 1.165) is 0 Å². The zero-order valence-electron chi connectivity index (χ0n) is 8.07. The largest absolute Gasteiger partial charge is 0.454 e. The average Bonchev–Trinajstić information content (AvgIpc) is 2.43. The lowest BCUT2D eigenvalue weighted by atomic mass is 9.94. The van der Waals surface area contributed by atoms with E-state index in [1.165, 1.54) is 25.1 Å². The Morgan fingerprint density at radius 3 is 2.47 bits per heavy atom. The van der Waals surface area contributed by atoms with Crippen LogP contribution in [0.25, 0.3) is 0 Å². The first-order valence-corrected chi connectivity index (χ1v) is 4.60. The van der Waals surface area contributed by atoms with E-state index >= 15 is 0 Å². The molecule has 1 aromatic carbocycles. The third-order valence-electron chi connectivity index (χ3n) is 2.43. The van der Waals surface area contributed by atoms with E-state index in [2.05, 4.69) is 0 Å². The number of halogens is 1. The van der Waals surface area contributed by atoms with Crippen LogP contribution in [0.15, 0.2) is 24.3 Å². The van der Waals surface area contributed by atoms with Gasteiger partial charge < -0.3 is 4.74 Å². The molecular weight excluding hydrogens is 199 g/mol. The second-order valence-electron chi connectivity index (χ2n) is 3.44. The van der Waals surface area contributed by atoms with E-state index in [1.807, 2.05) is 0 Å². The van der Waals surface area contributed by atoms with Crippen molar-refractivity contribution in [1.82, 2.24) is 0 Å². The molecule has 1 heterocycles. The number of hydrogen-bond donors (Lipinski definition) is 0. The van der Waals surface area contributed by atoms with Crippen molar-refractivity contribution in [3.8, 4) is 0 Å². The summed E-state index contributed by atoms with van der Waals surface area (Å²) in [6.45, 7) is 1.49. The van der Waals surface area contributed by atoms with Crippen LogP contribution in [0.2, 0.25) is 0 Å². The van der Waals surface area contributed by atoms with Crippen LogP contribution in [0.3, 0.4) is 0 Å². The molecule has 0 spiro atoms. The van der Waals surface area contributed by atoms with Crippen LogP contribution >= 0.6 is 0 Å². The third-order valence-corrected chi connectivity index (χ3v) is 2.43. The molecule has 0 amide bonds. The molecule has 78 valence electrons. The fourth-order valence-corrected chi connectivity index (χ4v) is 1.64. The predicted octanol–water partition coefficient (Wildman–Crippen LogP) is 1.42. The number of Topliss-reactive ketones (excluding diaryl/α,β-unsaturated/α-hetero) is 1. The van der Waals surface area contributed by atoms with Crippen molar-refractivity contribution in [2.75, 3.05) is 0 Å². The van der Waals surface area contributed by atoms with E-state index in [-0.39, 0.29) is 11.3 Å². The van der Waals surface area contributed by atoms with Gasteiger partial charge in [0.1, 0.15) is 11.7 Å². The number of cyclic esters (lactones) is 1. The number of ether oxygens (including phenoxy) is 1. The van der Waals surface area contributed by atoms with Gasteiger partial charge in [-0.05, 0) is 13.0 Å². The van der Waals surface area contributed by atoms with E-state index in [1.54, 1.807) is 6.07 Å². The maximum Gasteiger partial charge on any atom is 0.321 e. The maximum atomic E-state index is 13.4. The van der Waals surface area contributed by atoms with Gasteiger partial charge in [0.05, 0.1) is 0 Å². The Morgan fingerprint density at radius 2 is 1.93 bits per heavy atom. The number of carbonyl (C=O) groups is 2. The van der Waals surface area contributed by atoms with Gasteiger partial charge in [0.25, 0.3) is 0 Å². The van der Waals surface area contributed by atoms with E-state index in [4.69, 9.17) is 4.74 Å². The number of carbonyl (C=O) groups excluding carboxylic acids is 2. The molecule has 2 atom stereocenters. The van der Waals surface area contributed by atoms with Gasteiger partial charge in [-0.25, -0.2) is 4.39 Å². The van der Waals surface area contributed by atoms with Crippen molar-refractivity contribution in [1.29, 1.82) is 0 Å². The van der Waals surface area contributed by atoms with Gasteiger partial charge in [-0.1, -0.05) is 18.2 Å². The van der Waals surface area contributed by atoms with Crippen LogP contribution < -0.4 is 0 Å². The number of hydrogen-bond acceptors (Lipinski definition) is 3. The van der Waals surface area contributed by atoms with Gasteiger partial charge in [0, 0.05) is 5.56 Å². The van der Waals surface area contributed by atoms with Gasteiger partial charge in [-0.15, -0.1) is 0 Å². The Morgan fingerprint density at radius 1 is 1.27 bits per heavy atom. The van der Waals surface area contributed by atoms with Crippen LogP contribution in [0.4, 0.5) is 4.39 Å². The van der Waals surface area contributed by atoms with E-state index in [0.29, 0.717) is 0 Å². The number of rotatable bonds is 1. The zero-order chi connectivity index (χ0) is 11.0. The molecule has 3 nitrogen and oxygen atoms in total. The summed E-state index contributed by atoms with van der Waals surface area (Å²) in [6, 6.07) is 5.74. The molecule has 0 aromatic heterocycles. The summed E-state index contributed by atoms with van der Waals surface area (Å²) in [5.74, 6) is -2.70. The van der Waals surface area contributed by atoms with Gasteiger partial charge in [-0.2, -0.15) is 0 Å². The summed E-state index contributed by atoms with van der Waals surface area (Å²) in [5, 5.41) is 0. The monoisotopic (exact) mass is 208 g/mol. The fraction of sp³-hybridized carbons (Fsp3) is 0.273. The smallest absolute Gasteiger partial charge is 0.321 e. The number of benzene rings is 1. The second kappa shape index (κ2) is 3.46. The molecule has 2 rings (SSSR count). The lowest BCUT2D eigenvalue weighted by Crippen LogP contribution is -2.17. The van der Waals surface area contributed by atoms with Crippen molar-refractivity contribution in [2.45, 2.75) is 18.9 Å². The molecule has 4 heteroatoms. The van der Waals surface area contributed by atoms with Crippen LogP contribution in [0.5, 0.6) is 0 Å². The zero-order valence-corrected chi connectivity index (χ0v) is 8.07. The van der Waals surface area contributed by atoms with Gasteiger partial charge >= 0.3 is 5.97 Å². The molecule has 1 aliphatic heterocycles. The summed E-state index contributed by atoms with van der Waals surface area (Å²) in [7, 11) is 0. The van der Waals surface area contributed by atoms with Crippen LogP contribution in [-0.4, -0.2) is 17.9 Å². The first kappa shape index (κ1) is 9.83. The average molecular weight is 208 g/mol. The standard InChI is InChI=1S/C11H9FO3/c1-6-10(13)9(11(14)15-6)7-4-2-3-5-8(7)12/h2-6,9H,1H3. The maximum absolute atomic E-state index is 13.4. The molecule has 1 aromatic rings. The van der Waals surface area contributed by atoms with Crippen LogP contribution in [0.1, 0.15) is 18.4 Å². The van der Waals surface area contributed by atoms with Gasteiger partial charge in [0.15, 0.2) is 11.9 Å². The SMILES string of the molecule is CC1OC(=O)C(c2ccccc2F)C1=O. The van der Waals surface area contributed by atoms with Crippen molar-refractivity contribution in [3.63, 3.8) is 0 Å². The molecule has 0 N–H and O–H groups in total. The summed E-state index contributed by atoms with van der Waals surface area (Å²) < 4.78 is 18.1. The number of esters is 1. The minimum atomic E-state index is -1.10. The summed E-state index contributed by atoms with van der Waals surface area (Å²) in [5.41, 5.74) is 0.0943. The molecule has 1 aliphatic rings. The fourth-order valence-electron chi connectivity index (χ4n) is 1.64. The van der Waals surface area contributed by atoms with Crippen molar-refractivity contribution < 1.29 is 18.7 Å². The topological polar surface area (TPSA) is 43.4 Å². The Hall–Kier alpha value is -1.71. The minimum Gasteiger partial charge on any atom is -0.454 e. The van der Waals surface area contributed by atoms with Crippen LogP contribution in [-0.2, 0) is 14.3 Å². The second-order valence-corrected chi connectivity index (χ2v) is 3.44. The normalized spacial score (nSPS) is 25.5. The molecular formula is C11H9FO3. The third kappa shape index (κ3) is 1.52. The highest BCUT2D eigenvalue weighted by molar-refractivity contribution is 6.11. The van der Waals surface area contributed by atoms with Crippen molar-refractivity contribution >= 4 is 11.8 Å². The molecule has 0 saturated carbocycles. The van der Waals surface area contributed by atoms with E-state index < -0.39 is 23.8 Å². The Labute approximate surface area is 85.9 Å². The first-order valence-electron chi connectivity index (χ1n) is 4.60. The molecule has 1 fully saturated rings. The Bertz CT molecular complexity index is 428. The molecule has 2 unspecified atom stereocenters. The lowest BCUT2D eigenvalue weighted by molar-refractivity contribution is -0.142. The molecule has 0 radical (unpaired) electrons. The predicted molar refractivity (Wildman–Crippen MR) is 49.7 cm³/mol. The summed E-state index contributed by atoms with van der Waals surface area (Å²) in [4.78, 5) is 22.9. The quantitative estimate of drug-likeness (QED) is 0.518. The minimum absolute atomic E-state index is 0.0943. The van der Waals surface area contributed by atoms with Gasteiger partial charge in [0.2, 0.25) is 0 Å². The summed E-state index contributed by atoms with van der Waals surface area (Å²) >= 11 is 0.